The molecule has 0 aliphatic carbocycles. The predicted molar refractivity (Wildman–Crippen MR) is 87.5 cm³/mol. The average Bonchev–Trinajstić information content (AvgIpc) is 2.92. The lowest BCUT2D eigenvalue weighted by Gasteiger charge is -2.41. The molecule has 0 fully saturated rings. The second kappa shape index (κ2) is 5.01. The minimum Gasteiger partial charge on any atom is -0.465 e. The summed E-state index contributed by atoms with van der Waals surface area (Å²) in [5, 5.41) is 0. The van der Waals surface area contributed by atoms with Gasteiger partial charge < -0.3 is 9.47 Å². The van der Waals surface area contributed by atoms with Gasteiger partial charge in [0.05, 0.1) is 18.5 Å². The molecule has 0 saturated carbocycles. The molecule has 2 heterocycles. The third kappa shape index (κ3) is 1.60. The monoisotopic (exact) mass is 322 g/mol. The second-order valence-electron chi connectivity index (χ2n) is 5.47. The van der Waals surface area contributed by atoms with Crippen LogP contribution in [0.3, 0.4) is 0 Å². The third-order valence-electron chi connectivity index (χ3n) is 4.37. The normalized spacial score (nSPS) is 20.8. The van der Waals surface area contributed by atoms with E-state index in [1.165, 1.54) is 19.1 Å². The minimum absolute atomic E-state index is 0.155. The lowest BCUT2D eigenvalue weighted by Crippen LogP contribution is -2.57. The van der Waals surface area contributed by atoms with Crippen LogP contribution < -0.4 is 4.90 Å². The highest BCUT2D eigenvalue weighted by Crippen LogP contribution is 2.47. The van der Waals surface area contributed by atoms with Gasteiger partial charge in [-0.25, -0.2) is 9.79 Å². The highest BCUT2D eigenvalue weighted by molar-refractivity contribution is 6.55. The summed E-state index contributed by atoms with van der Waals surface area (Å²) in [5.41, 5.74) is 0.507. The van der Waals surface area contributed by atoms with Crippen molar-refractivity contribution in [1.29, 1.82) is 0 Å². The first-order valence-electron chi connectivity index (χ1n) is 7.41. The number of aliphatic imine (C=N–C) groups is 1. The van der Waals surface area contributed by atoms with Gasteiger partial charge >= 0.3 is 5.97 Å². The van der Waals surface area contributed by atoms with Crippen molar-refractivity contribution in [2.75, 3.05) is 19.1 Å². The summed E-state index contributed by atoms with van der Waals surface area (Å²) in [4.78, 5) is 31.6. The van der Waals surface area contributed by atoms with Crippen molar-refractivity contribution < 1.29 is 19.1 Å². The molecule has 0 aromatic heterocycles. The number of hydrogen-bond donors (Lipinski definition) is 0. The third-order valence-corrected chi connectivity index (χ3v) is 4.37. The Morgan fingerprint density at radius 3 is 2.54 bits per heavy atom. The number of para-hydroxylation sites is 2. The van der Waals surface area contributed by atoms with E-state index < -0.39 is 11.7 Å². The fourth-order valence-corrected chi connectivity index (χ4v) is 3.33. The zero-order valence-electron chi connectivity index (χ0n) is 13.1. The average molecular weight is 322 g/mol. The summed E-state index contributed by atoms with van der Waals surface area (Å²) in [6, 6.07) is 14.1. The van der Waals surface area contributed by atoms with Crippen molar-refractivity contribution in [2.45, 2.75) is 5.72 Å². The number of nitrogens with zero attached hydrogens (tertiary/aromatic N) is 2. The Kier molecular flexibility index (Phi) is 3.04. The topological polar surface area (TPSA) is 68.2 Å². The van der Waals surface area contributed by atoms with E-state index in [4.69, 9.17) is 9.47 Å². The first-order valence-corrected chi connectivity index (χ1v) is 7.41. The first-order chi connectivity index (χ1) is 11.6. The van der Waals surface area contributed by atoms with Gasteiger partial charge in [0.15, 0.2) is 5.84 Å². The summed E-state index contributed by atoms with van der Waals surface area (Å²) in [6.07, 6.45) is 0. The van der Waals surface area contributed by atoms with E-state index in [1.807, 2.05) is 0 Å². The number of hydrogen-bond acceptors (Lipinski definition) is 6. The molecule has 6 nitrogen and oxygen atoms in total. The number of benzene rings is 2. The van der Waals surface area contributed by atoms with E-state index in [9.17, 15) is 9.59 Å². The van der Waals surface area contributed by atoms with Gasteiger partial charge in [0.1, 0.15) is 0 Å². The Morgan fingerprint density at radius 1 is 1.08 bits per heavy atom. The molecular formula is C18H14N2O4. The van der Waals surface area contributed by atoms with Crippen LogP contribution >= 0.6 is 0 Å². The Labute approximate surface area is 138 Å². The Bertz CT molecular complexity index is 905. The van der Waals surface area contributed by atoms with Crippen LogP contribution in [0.5, 0.6) is 0 Å². The minimum atomic E-state index is -1.59. The van der Waals surface area contributed by atoms with Gasteiger partial charge in [-0.3, -0.25) is 9.69 Å². The van der Waals surface area contributed by atoms with Crippen molar-refractivity contribution in [3.8, 4) is 0 Å². The fourth-order valence-electron chi connectivity index (χ4n) is 3.33. The number of fused-ring (bicyclic) bond motifs is 4. The molecule has 6 heteroatoms. The second-order valence-corrected chi connectivity index (χ2v) is 5.47. The van der Waals surface area contributed by atoms with Crippen LogP contribution in [-0.4, -0.2) is 31.8 Å². The molecule has 4 rings (SSSR count). The SMILES string of the molecule is COC(=O)C1(OC)c2ccccc2N=C2C(=O)c3ccccc3N21. The van der Waals surface area contributed by atoms with E-state index in [0.29, 0.717) is 22.5 Å². The maximum absolute atomic E-state index is 12.8. The number of ketones is 1. The summed E-state index contributed by atoms with van der Waals surface area (Å²) in [6.45, 7) is 0. The summed E-state index contributed by atoms with van der Waals surface area (Å²) >= 11 is 0. The summed E-state index contributed by atoms with van der Waals surface area (Å²) < 4.78 is 10.7. The van der Waals surface area contributed by atoms with Crippen LogP contribution in [0.4, 0.5) is 11.4 Å². The van der Waals surface area contributed by atoms with Crippen LogP contribution in [0, 0.1) is 0 Å². The van der Waals surface area contributed by atoms with E-state index in [2.05, 4.69) is 4.99 Å². The van der Waals surface area contributed by atoms with Gasteiger partial charge in [-0.1, -0.05) is 30.3 Å². The Morgan fingerprint density at radius 2 is 1.79 bits per heavy atom. The molecule has 0 amide bonds. The smallest absolute Gasteiger partial charge is 0.365 e. The largest absolute Gasteiger partial charge is 0.465 e. The number of ether oxygens (including phenoxy) is 2. The number of esters is 1. The molecule has 2 aliphatic rings. The van der Waals surface area contributed by atoms with Gasteiger partial charge in [-0.2, -0.15) is 0 Å². The molecule has 0 saturated heterocycles. The lowest BCUT2D eigenvalue weighted by atomic mass is 9.96. The maximum atomic E-state index is 12.8. The number of carbonyl (C=O) groups excluding carboxylic acids is 2. The van der Waals surface area contributed by atoms with Gasteiger partial charge in [0.25, 0.3) is 5.72 Å². The van der Waals surface area contributed by atoms with E-state index in [-0.39, 0.29) is 11.6 Å². The molecule has 1 unspecified atom stereocenters. The molecule has 2 aromatic carbocycles. The molecule has 2 aliphatic heterocycles. The predicted octanol–water partition coefficient (Wildman–Crippen LogP) is 2.41. The van der Waals surface area contributed by atoms with Crippen LogP contribution in [0.15, 0.2) is 53.5 Å². The van der Waals surface area contributed by atoms with Crippen molar-refractivity contribution in [3.63, 3.8) is 0 Å². The number of rotatable bonds is 2. The Hall–Kier alpha value is -2.99. The maximum Gasteiger partial charge on any atom is 0.365 e. The van der Waals surface area contributed by atoms with E-state index in [1.54, 1.807) is 48.5 Å². The van der Waals surface area contributed by atoms with Crippen molar-refractivity contribution in [2.24, 2.45) is 4.99 Å². The molecule has 1 atom stereocenters. The molecule has 120 valence electrons. The van der Waals surface area contributed by atoms with Crippen LogP contribution in [0.1, 0.15) is 15.9 Å². The number of anilines is 1. The zero-order valence-corrected chi connectivity index (χ0v) is 13.1. The molecule has 0 bridgehead atoms. The van der Waals surface area contributed by atoms with Crippen LogP contribution in [-0.2, 0) is 20.0 Å². The molecule has 24 heavy (non-hydrogen) atoms. The zero-order chi connectivity index (χ0) is 16.9. The summed E-state index contributed by atoms with van der Waals surface area (Å²) in [5.74, 6) is -0.707. The number of carbonyl (C=O) groups is 2. The van der Waals surface area contributed by atoms with Gasteiger partial charge in [0, 0.05) is 18.2 Å². The van der Waals surface area contributed by atoms with Gasteiger partial charge in [-0.05, 0) is 18.2 Å². The number of amidine groups is 1. The molecular weight excluding hydrogens is 308 g/mol. The van der Waals surface area contributed by atoms with E-state index in [0.717, 1.165) is 0 Å². The van der Waals surface area contributed by atoms with E-state index >= 15 is 0 Å². The van der Waals surface area contributed by atoms with Gasteiger partial charge in [0.2, 0.25) is 5.78 Å². The highest BCUT2D eigenvalue weighted by Gasteiger charge is 2.57. The highest BCUT2D eigenvalue weighted by atomic mass is 16.6. The molecule has 0 radical (unpaired) electrons. The van der Waals surface area contributed by atoms with Crippen molar-refractivity contribution in [3.05, 3.63) is 59.7 Å². The fraction of sp³-hybridized carbons (Fsp3) is 0.167. The molecule has 2 aromatic rings. The molecule has 0 spiro atoms. The summed E-state index contributed by atoms with van der Waals surface area (Å²) in [7, 11) is 2.71. The number of Topliss-reactive ketones (excluding diaryl/α,β-unsaturated/α-hetero) is 1. The quantitative estimate of drug-likeness (QED) is 0.794. The Balaban J connectivity index is 2.10. The first kappa shape index (κ1) is 14.6. The van der Waals surface area contributed by atoms with Crippen molar-refractivity contribution in [1.82, 2.24) is 0 Å². The lowest BCUT2D eigenvalue weighted by molar-refractivity contribution is -0.166. The molecule has 0 N–H and O–H groups in total. The van der Waals surface area contributed by atoms with Crippen LogP contribution in [0.25, 0.3) is 0 Å². The van der Waals surface area contributed by atoms with Crippen molar-refractivity contribution >= 4 is 29.0 Å². The van der Waals surface area contributed by atoms with Crippen LogP contribution in [0.2, 0.25) is 0 Å². The van der Waals surface area contributed by atoms with Gasteiger partial charge in [-0.15, -0.1) is 0 Å². The number of methoxy groups -OCH3 is 2. The standard InChI is InChI=1S/C18H14N2O4/c1-23-17(22)18(24-2)12-8-4-5-9-13(12)19-16-15(21)11-7-3-6-10-14(11)20(16)18/h3-10H,1-2H3.